The number of H-pyrrole nitrogens is 1. The van der Waals surface area contributed by atoms with Crippen molar-refractivity contribution in [3.8, 4) is 12.1 Å². The van der Waals surface area contributed by atoms with Gasteiger partial charge in [0.15, 0.2) is 11.4 Å². The fraction of sp³-hybridized carbons (Fsp3) is 0.520. The highest BCUT2D eigenvalue weighted by Crippen LogP contribution is 2.38. The maximum absolute atomic E-state index is 12.8. The topological polar surface area (TPSA) is 141 Å². The molecule has 3 aromatic heterocycles. The van der Waals surface area contributed by atoms with E-state index in [-0.39, 0.29) is 42.6 Å². The number of nitriles is 1. The molecule has 0 amide bonds. The maximum Gasteiger partial charge on any atom is 0.319 e. The summed E-state index contributed by atoms with van der Waals surface area (Å²) >= 11 is 0. The van der Waals surface area contributed by atoms with Crippen molar-refractivity contribution in [3.63, 3.8) is 0 Å². The summed E-state index contributed by atoms with van der Waals surface area (Å²) in [5.41, 5.74) is 2.15. The number of nitrogens with one attached hydrogen (secondary N) is 1. The van der Waals surface area contributed by atoms with Gasteiger partial charge in [0.05, 0.1) is 18.6 Å². The fourth-order valence-corrected chi connectivity index (χ4v) is 4.62. The van der Waals surface area contributed by atoms with Crippen LogP contribution in [0.3, 0.4) is 0 Å². The van der Waals surface area contributed by atoms with Crippen molar-refractivity contribution in [3.05, 3.63) is 35.8 Å². The molecule has 1 saturated heterocycles. The van der Waals surface area contributed by atoms with Crippen molar-refractivity contribution in [2.24, 2.45) is 17.8 Å². The van der Waals surface area contributed by atoms with E-state index in [0.29, 0.717) is 24.0 Å². The van der Waals surface area contributed by atoms with Crippen LogP contribution in [0, 0.1) is 29.1 Å². The second kappa shape index (κ2) is 9.96. The Morgan fingerprint density at radius 2 is 2.20 bits per heavy atom. The Morgan fingerprint density at radius 1 is 1.37 bits per heavy atom. The molecule has 0 radical (unpaired) electrons. The minimum atomic E-state index is -0.150. The molecule has 0 spiro atoms. The second-order valence-electron chi connectivity index (χ2n) is 9.62. The number of pyridine rings is 1. The molecule has 10 nitrogen and oxygen atoms in total. The highest BCUT2D eigenvalue weighted by atomic mass is 16.5. The van der Waals surface area contributed by atoms with E-state index in [9.17, 15) is 9.90 Å². The predicted molar refractivity (Wildman–Crippen MR) is 128 cm³/mol. The van der Waals surface area contributed by atoms with Gasteiger partial charge in [-0.1, -0.05) is 6.92 Å². The molecule has 2 aliphatic rings. The van der Waals surface area contributed by atoms with Gasteiger partial charge in [-0.2, -0.15) is 20.3 Å². The third kappa shape index (κ3) is 5.10. The average Bonchev–Trinajstić information content (AvgIpc) is 3.54. The van der Waals surface area contributed by atoms with Gasteiger partial charge in [0.2, 0.25) is 0 Å². The SMILES string of the molecule is C[C@H](CO)CC(=O)c1cc(N2CCC(c3[nH]nc4ncccc34)CC2)nc(OC[C@H]2C[C@H]2C#N)n1. The number of hydrogen-bond donors (Lipinski definition) is 2. The average molecular weight is 476 g/mol. The summed E-state index contributed by atoms with van der Waals surface area (Å²) in [5, 5.41) is 27.0. The first-order valence-electron chi connectivity index (χ1n) is 12.1. The van der Waals surface area contributed by atoms with Crippen LogP contribution in [0.4, 0.5) is 5.82 Å². The Morgan fingerprint density at radius 3 is 2.94 bits per heavy atom. The number of rotatable bonds is 9. The molecule has 0 bridgehead atoms. The summed E-state index contributed by atoms with van der Waals surface area (Å²) in [6.07, 6.45) is 4.58. The summed E-state index contributed by atoms with van der Waals surface area (Å²) < 4.78 is 5.82. The third-order valence-corrected chi connectivity index (χ3v) is 6.92. The zero-order valence-corrected chi connectivity index (χ0v) is 19.7. The largest absolute Gasteiger partial charge is 0.463 e. The number of fused-ring (bicyclic) bond motifs is 1. The molecule has 0 unspecified atom stereocenters. The quantitative estimate of drug-likeness (QED) is 0.447. The molecule has 4 heterocycles. The van der Waals surface area contributed by atoms with E-state index in [4.69, 9.17) is 10.00 Å². The molecule has 1 aliphatic heterocycles. The van der Waals surface area contributed by atoms with Crippen molar-refractivity contribution in [1.82, 2.24) is 25.1 Å². The minimum Gasteiger partial charge on any atom is -0.463 e. The first-order chi connectivity index (χ1) is 17.1. The van der Waals surface area contributed by atoms with E-state index in [1.165, 1.54) is 0 Å². The molecule has 2 N–H and O–H groups in total. The number of hydrogen-bond acceptors (Lipinski definition) is 9. The van der Waals surface area contributed by atoms with E-state index in [0.717, 1.165) is 49.1 Å². The number of aromatic nitrogens is 5. The van der Waals surface area contributed by atoms with Gasteiger partial charge in [0.25, 0.3) is 0 Å². The van der Waals surface area contributed by atoms with Crippen molar-refractivity contribution in [2.45, 2.75) is 38.5 Å². The van der Waals surface area contributed by atoms with Crippen LogP contribution < -0.4 is 9.64 Å². The van der Waals surface area contributed by atoms with Gasteiger partial charge < -0.3 is 14.7 Å². The Hall–Kier alpha value is -3.58. The molecule has 3 atom stereocenters. The van der Waals surface area contributed by atoms with Gasteiger partial charge in [-0.25, -0.2) is 4.98 Å². The second-order valence-corrected chi connectivity index (χ2v) is 9.62. The van der Waals surface area contributed by atoms with E-state index < -0.39 is 0 Å². The van der Waals surface area contributed by atoms with E-state index in [1.54, 1.807) is 12.3 Å². The number of Topliss-reactive ketones (excluding diaryl/α,β-unsaturated/α-hetero) is 1. The zero-order valence-electron chi connectivity index (χ0n) is 19.7. The van der Waals surface area contributed by atoms with Crippen molar-refractivity contribution < 1.29 is 14.6 Å². The molecule has 5 rings (SSSR count). The van der Waals surface area contributed by atoms with Crippen LogP contribution in [-0.4, -0.2) is 62.3 Å². The van der Waals surface area contributed by atoms with E-state index >= 15 is 0 Å². The fourth-order valence-electron chi connectivity index (χ4n) is 4.62. The standard InChI is InChI=1S/C25H29N7O3/c1-15(13-33)9-21(34)20-11-22(29-25(28-20)35-14-18-10-17(18)12-26)32-7-4-16(5-8-32)23-19-3-2-6-27-24(19)31-30-23/h2-3,6,11,15-18,33H,4-5,7-10,13-14H2,1H3,(H,27,30,31)/t15-,17-,18+/m0/s1. The van der Waals surface area contributed by atoms with Gasteiger partial charge in [-0.3, -0.25) is 9.89 Å². The third-order valence-electron chi connectivity index (χ3n) is 6.92. The molecular formula is C25H29N7O3. The number of piperidine rings is 1. The number of aliphatic hydroxyl groups is 1. The van der Waals surface area contributed by atoms with Crippen LogP contribution in [0.1, 0.15) is 54.7 Å². The van der Waals surface area contributed by atoms with Gasteiger partial charge in [0.1, 0.15) is 11.5 Å². The van der Waals surface area contributed by atoms with Crippen molar-refractivity contribution in [2.75, 3.05) is 31.2 Å². The van der Waals surface area contributed by atoms with Crippen molar-refractivity contribution in [1.29, 1.82) is 5.26 Å². The molecule has 1 aliphatic carbocycles. The van der Waals surface area contributed by atoms with Gasteiger partial charge in [0, 0.05) is 61.3 Å². The Labute approximate surface area is 203 Å². The number of nitrogens with zero attached hydrogens (tertiary/aromatic N) is 6. The Bertz CT molecular complexity index is 1250. The number of ketones is 1. The predicted octanol–water partition coefficient (Wildman–Crippen LogP) is 2.87. The van der Waals surface area contributed by atoms with Crippen LogP contribution >= 0.6 is 0 Å². The van der Waals surface area contributed by atoms with Crippen LogP contribution in [0.5, 0.6) is 6.01 Å². The Balaban J connectivity index is 1.32. The minimum absolute atomic E-state index is 0.0254. The maximum atomic E-state index is 12.8. The number of aliphatic hydroxyl groups excluding tert-OH is 1. The monoisotopic (exact) mass is 475 g/mol. The molecule has 2 fully saturated rings. The smallest absolute Gasteiger partial charge is 0.319 e. The highest BCUT2D eigenvalue weighted by molar-refractivity contribution is 5.95. The summed E-state index contributed by atoms with van der Waals surface area (Å²) in [6, 6.07) is 8.12. The van der Waals surface area contributed by atoms with Gasteiger partial charge in [-0.15, -0.1) is 0 Å². The van der Waals surface area contributed by atoms with E-state index in [1.807, 2.05) is 19.1 Å². The number of aromatic amines is 1. The van der Waals surface area contributed by atoms with Gasteiger partial charge in [-0.05, 0) is 37.3 Å². The van der Waals surface area contributed by atoms with E-state index in [2.05, 4.69) is 36.1 Å². The lowest BCUT2D eigenvalue weighted by atomic mass is 9.92. The summed E-state index contributed by atoms with van der Waals surface area (Å²) in [5.74, 6) is 0.919. The lowest BCUT2D eigenvalue weighted by Crippen LogP contribution is -2.34. The molecule has 1 saturated carbocycles. The summed E-state index contributed by atoms with van der Waals surface area (Å²) in [6.45, 7) is 3.66. The lowest BCUT2D eigenvalue weighted by molar-refractivity contribution is 0.0937. The zero-order chi connectivity index (χ0) is 24.4. The molecular weight excluding hydrogens is 446 g/mol. The van der Waals surface area contributed by atoms with Crippen LogP contribution in [0.2, 0.25) is 0 Å². The van der Waals surface area contributed by atoms with Crippen LogP contribution in [0.25, 0.3) is 11.0 Å². The van der Waals surface area contributed by atoms with Gasteiger partial charge >= 0.3 is 6.01 Å². The number of anilines is 1. The van der Waals surface area contributed by atoms with Crippen molar-refractivity contribution >= 4 is 22.6 Å². The van der Waals surface area contributed by atoms with Crippen LogP contribution in [0.15, 0.2) is 24.4 Å². The number of carbonyl (C=O) groups excluding carboxylic acids is 1. The normalized spacial score (nSPS) is 21.0. The first-order valence-corrected chi connectivity index (χ1v) is 12.1. The van der Waals surface area contributed by atoms with Crippen LogP contribution in [-0.2, 0) is 0 Å². The Kier molecular flexibility index (Phi) is 6.59. The molecule has 3 aromatic rings. The first kappa shape index (κ1) is 23.2. The number of ether oxygens (including phenoxy) is 1. The molecule has 10 heteroatoms. The summed E-state index contributed by atoms with van der Waals surface area (Å²) in [7, 11) is 0. The summed E-state index contributed by atoms with van der Waals surface area (Å²) in [4.78, 5) is 28.3. The number of carbonyl (C=O) groups is 1. The molecule has 35 heavy (non-hydrogen) atoms. The lowest BCUT2D eigenvalue weighted by Gasteiger charge is -2.32. The molecule has 0 aromatic carbocycles. The highest BCUT2D eigenvalue weighted by Gasteiger charge is 2.38. The molecule has 182 valence electrons.